The third-order valence-electron chi connectivity index (χ3n) is 3.59. The molecule has 1 fully saturated rings. The molecule has 1 amide bonds. The number of anilines is 1. The van der Waals surface area contributed by atoms with Crippen LogP contribution in [0, 0.1) is 6.92 Å². The molecule has 6 nitrogen and oxygen atoms in total. The fourth-order valence-corrected chi connectivity index (χ4v) is 2.46. The van der Waals surface area contributed by atoms with Crippen LogP contribution in [0.2, 0.25) is 0 Å². The molecule has 0 aliphatic carbocycles. The van der Waals surface area contributed by atoms with E-state index in [2.05, 4.69) is 20.1 Å². The van der Waals surface area contributed by atoms with E-state index in [1.54, 1.807) is 18.5 Å². The third kappa shape index (κ3) is 2.99. The number of amides is 1. The Morgan fingerprint density at radius 1 is 1.14 bits per heavy atom. The van der Waals surface area contributed by atoms with Crippen LogP contribution in [0.25, 0.3) is 0 Å². The first-order valence-corrected chi connectivity index (χ1v) is 6.98. The predicted molar refractivity (Wildman–Crippen MR) is 79.1 cm³/mol. The van der Waals surface area contributed by atoms with E-state index in [1.807, 2.05) is 30.0 Å². The van der Waals surface area contributed by atoms with Crippen molar-refractivity contribution >= 4 is 11.7 Å². The van der Waals surface area contributed by atoms with Gasteiger partial charge in [-0.05, 0) is 31.2 Å². The number of hydrogen-bond donors (Lipinski definition) is 0. The minimum absolute atomic E-state index is 0.0688. The van der Waals surface area contributed by atoms with E-state index >= 15 is 0 Å². The van der Waals surface area contributed by atoms with Gasteiger partial charge in [-0.15, -0.1) is 5.10 Å². The van der Waals surface area contributed by atoms with Crippen LogP contribution in [0.5, 0.6) is 0 Å². The Labute approximate surface area is 123 Å². The molecular formula is C15H17N5O. The van der Waals surface area contributed by atoms with Crippen LogP contribution in [-0.4, -0.2) is 52.2 Å². The van der Waals surface area contributed by atoms with E-state index in [-0.39, 0.29) is 5.91 Å². The normalized spacial score (nSPS) is 15.1. The Balaban J connectivity index is 1.64. The number of aromatic nitrogens is 3. The molecule has 3 rings (SSSR count). The van der Waals surface area contributed by atoms with Gasteiger partial charge in [-0.2, -0.15) is 5.10 Å². The van der Waals surface area contributed by atoms with Gasteiger partial charge in [-0.3, -0.25) is 9.78 Å². The standard InChI is InChI=1S/C15H17N5O/c1-12-11-13(4-6-16-12)15(21)20-9-7-19(8-10-20)14-3-2-5-17-18-14/h2-6,11H,7-10H2,1H3. The molecule has 0 N–H and O–H groups in total. The molecule has 0 bridgehead atoms. The van der Waals surface area contributed by atoms with E-state index < -0.39 is 0 Å². The average Bonchev–Trinajstić information content (AvgIpc) is 2.55. The van der Waals surface area contributed by atoms with Crippen molar-refractivity contribution in [3.63, 3.8) is 0 Å². The van der Waals surface area contributed by atoms with E-state index in [4.69, 9.17) is 0 Å². The number of aryl methyl sites for hydroxylation is 1. The van der Waals surface area contributed by atoms with Crippen LogP contribution in [0.1, 0.15) is 16.1 Å². The third-order valence-corrected chi connectivity index (χ3v) is 3.59. The van der Waals surface area contributed by atoms with Crippen LogP contribution >= 0.6 is 0 Å². The zero-order valence-corrected chi connectivity index (χ0v) is 11.9. The van der Waals surface area contributed by atoms with Gasteiger partial charge in [0.2, 0.25) is 0 Å². The average molecular weight is 283 g/mol. The van der Waals surface area contributed by atoms with Gasteiger partial charge in [-0.1, -0.05) is 0 Å². The predicted octanol–water partition coefficient (Wildman–Crippen LogP) is 1.14. The summed E-state index contributed by atoms with van der Waals surface area (Å²) < 4.78 is 0. The molecule has 1 aliphatic heterocycles. The molecule has 6 heteroatoms. The monoisotopic (exact) mass is 283 g/mol. The topological polar surface area (TPSA) is 62.2 Å². The second kappa shape index (κ2) is 5.87. The second-order valence-corrected chi connectivity index (χ2v) is 5.05. The zero-order valence-electron chi connectivity index (χ0n) is 11.9. The maximum atomic E-state index is 12.4. The van der Waals surface area contributed by atoms with Gasteiger partial charge in [0.1, 0.15) is 0 Å². The fourth-order valence-electron chi connectivity index (χ4n) is 2.46. The maximum Gasteiger partial charge on any atom is 0.254 e. The van der Waals surface area contributed by atoms with Gasteiger partial charge in [0.15, 0.2) is 5.82 Å². The first-order chi connectivity index (χ1) is 10.2. The van der Waals surface area contributed by atoms with E-state index in [0.717, 1.165) is 24.6 Å². The molecule has 1 aliphatic rings. The Hall–Kier alpha value is -2.50. The number of carbonyl (C=O) groups excluding carboxylic acids is 1. The van der Waals surface area contributed by atoms with Crippen LogP contribution in [-0.2, 0) is 0 Å². The molecule has 0 aromatic carbocycles. The van der Waals surface area contributed by atoms with Crippen LogP contribution in [0.4, 0.5) is 5.82 Å². The number of carbonyl (C=O) groups is 1. The summed E-state index contributed by atoms with van der Waals surface area (Å²) in [4.78, 5) is 20.6. The highest BCUT2D eigenvalue weighted by molar-refractivity contribution is 5.94. The molecule has 108 valence electrons. The molecule has 3 heterocycles. The molecule has 2 aromatic heterocycles. The van der Waals surface area contributed by atoms with Crippen molar-refractivity contribution in [2.75, 3.05) is 31.1 Å². The molecular weight excluding hydrogens is 266 g/mol. The molecule has 0 unspecified atom stereocenters. The molecule has 0 spiro atoms. The summed E-state index contributed by atoms with van der Waals surface area (Å²) in [6.45, 7) is 4.82. The van der Waals surface area contributed by atoms with Gasteiger partial charge < -0.3 is 9.80 Å². The van der Waals surface area contributed by atoms with Gasteiger partial charge in [0.05, 0.1) is 0 Å². The molecule has 0 radical (unpaired) electrons. The smallest absolute Gasteiger partial charge is 0.254 e. The van der Waals surface area contributed by atoms with Gasteiger partial charge >= 0.3 is 0 Å². The summed E-state index contributed by atoms with van der Waals surface area (Å²) >= 11 is 0. The molecule has 0 saturated carbocycles. The van der Waals surface area contributed by atoms with E-state index in [9.17, 15) is 4.79 Å². The lowest BCUT2D eigenvalue weighted by Crippen LogP contribution is -2.49. The molecule has 21 heavy (non-hydrogen) atoms. The highest BCUT2D eigenvalue weighted by Crippen LogP contribution is 2.14. The summed E-state index contributed by atoms with van der Waals surface area (Å²) in [6, 6.07) is 7.41. The number of hydrogen-bond acceptors (Lipinski definition) is 5. The highest BCUT2D eigenvalue weighted by Gasteiger charge is 2.22. The summed E-state index contributed by atoms with van der Waals surface area (Å²) in [5, 5.41) is 8.00. The molecule has 2 aromatic rings. The molecule has 0 atom stereocenters. The van der Waals surface area contributed by atoms with Crippen LogP contribution in [0.15, 0.2) is 36.7 Å². The first-order valence-electron chi connectivity index (χ1n) is 6.98. The number of pyridine rings is 1. The Morgan fingerprint density at radius 3 is 2.62 bits per heavy atom. The second-order valence-electron chi connectivity index (χ2n) is 5.05. The van der Waals surface area contributed by atoms with Crippen molar-refractivity contribution in [1.82, 2.24) is 20.1 Å². The number of piperazine rings is 1. The minimum atomic E-state index is 0.0688. The summed E-state index contributed by atoms with van der Waals surface area (Å²) in [7, 11) is 0. The van der Waals surface area contributed by atoms with Gasteiger partial charge in [0.25, 0.3) is 5.91 Å². The summed E-state index contributed by atoms with van der Waals surface area (Å²) in [5.74, 6) is 0.934. The Bertz CT molecular complexity index is 623. The molecule has 1 saturated heterocycles. The van der Waals surface area contributed by atoms with Crippen molar-refractivity contribution in [2.24, 2.45) is 0 Å². The minimum Gasteiger partial charge on any atom is -0.352 e. The Morgan fingerprint density at radius 2 is 1.95 bits per heavy atom. The first kappa shape index (κ1) is 13.5. The van der Waals surface area contributed by atoms with Gasteiger partial charge in [0, 0.05) is 49.8 Å². The van der Waals surface area contributed by atoms with Crippen molar-refractivity contribution in [2.45, 2.75) is 6.92 Å². The van der Waals surface area contributed by atoms with Crippen molar-refractivity contribution in [3.8, 4) is 0 Å². The number of nitrogens with zero attached hydrogens (tertiary/aromatic N) is 5. The summed E-state index contributed by atoms with van der Waals surface area (Å²) in [6.07, 6.45) is 3.34. The maximum absolute atomic E-state index is 12.4. The lowest BCUT2D eigenvalue weighted by Gasteiger charge is -2.35. The van der Waals surface area contributed by atoms with Crippen LogP contribution < -0.4 is 4.90 Å². The lowest BCUT2D eigenvalue weighted by molar-refractivity contribution is 0.0746. The van der Waals surface area contributed by atoms with Crippen LogP contribution in [0.3, 0.4) is 0 Å². The summed E-state index contributed by atoms with van der Waals surface area (Å²) in [5.41, 5.74) is 1.56. The lowest BCUT2D eigenvalue weighted by atomic mass is 10.2. The van der Waals surface area contributed by atoms with Crippen molar-refractivity contribution in [3.05, 3.63) is 47.9 Å². The highest BCUT2D eigenvalue weighted by atomic mass is 16.2. The largest absolute Gasteiger partial charge is 0.352 e. The van der Waals surface area contributed by atoms with E-state index in [0.29, 0.717) is 18.7 Å². The Kier molecular flexibility index (Phi) is 3.77. The number of rotatable bonds is 2. The van der Waals surface area contributed by atoms with Crippen molar-refractivity contribution in [1.29, 1.82) is 0 Å². The zero-order chi connectivity index (χ0) is 14.7. The SMILES string of the molecule is Cc1cc(C(=O)N2CCN(c3cccnn3)CC2)ccn1. The fraction of sp³-hybridized carbons (Fsp3) is 0.333. The van der Waals surface area contributed by atoms with Gasteiger partial charge in [-0.25, -0.2) is 0 Å². The van der Waals surface area contributed by atoms with Crippen molar-refractivity contribution < 1.29 is 4.79 Å². The van der Waals surface area contributed by atoms with E-state index in [1.165, 1.54) is 0 Å². The quantitative estimate of drug-likeness (QED) is 0.827.